The smallest absolute Gasteiger partial charge is 0.393 e. The number of hydrogen-bond acceptors (Lipinski definition) is 2. The molecule has 5 heteroatoms. The van der Waals surface area contributed by atoms with Crippen molar-refractivity contribution in [2.24, 2.45) is 0 Å². The largest absolute Gasteiger partial charge is 0.416 e. The van der Waals surface area contributed by atoms with Crippen LogP contribution in [0.5, 0.6) is 0 Å². The molecule has 1 N–H and O–H groups in total. The molecule has 0 aromatic heterocycles. The number of aliphatic hydroxyl groups excluding tert-OH is 1. The Hall–Kier alpha value is -1.07. The summed E-state index contributed by atoms with van der Waals surface area (Å²) >= 11 is 0. The number of alkyl halides is 3. The van der Waals surface area contributed by atoms with Gasteiger partial charge in [0.2, 0.25) is 0 Å². The van der Waals surface area contributed by atoms with Crippen molar-refractivity contribution in [3.05, 3.63) is 34.9 Å². The fourth-order valence-electron chi connectivity index (χ4n) is 2.95. The number of benzene rings is 1. The lowest BCUT2D eigenvalue weighted by Crippen LogP contribution is -2.43. The van der Waals surface area contributed by atoms with Crippen molar-refractivity contribution in [2.75, 3.05) is 6.54 Å². The van der Waals surface area contributed by atoms with Crippen LogP contribution in [0.1, 0.15) is 42.9 Å². The third kappa shape index (κ3) is 3.98. The van der Waals surface area contributed by atoms with E-state index in [1.165, 1.54) is 12.1 Å². The standard InChI is InChI=1S/C16H22F3NO/c1-3-14-9-15(21)6-7-20(14)10-12-8-13(16(17,18)19)5-4-11(12)2/h4-5,8,14-15,21H,3,6-7,9-10H2,1-2H3/t14-,15-/m0/s1. The molecular weight excluding hydrogens is 279 g/mol. The highest BCUT2D eigenvalue weighted by Gasteiger charge is 2.31. The number of likely N-dealkylation sites (tertiary alicyclic amines) is 1. The minimum absolute atomic E-state index is 0.239. The van der Waals surface area contributed by atoms with E-state index in [0.29, 0.717) is 19.4 Å². The summed E-state index contributed by atoms with van der Waals surface area (Å²) in [4.78, 5) is 2.19. The molecule has 1 heterocycles. The molecule has 1 aromatic carbocycles. The first-order valence-corrected chi connectivity index (χ1v) is 7.40. The summed E-state index contributed by atoms with van der Waals surface area (Å²) in [5.74, 6) is 0. The molecule has 1 fully saturated rings. The maximum atomic E-state index is 12.8. The Kier molecular flexibility index (Phi) is 4.94. The maximum absolute atomic E-state index is 12.8. The second-order valence-corrected chi connectivity index (χ2v) is 5.85. The molecule has 2 rings (SSSR count). The summed E-state index contributed by atoms with van der Waals surface area (Å²) in [6.45, 7) is 5.14. The van der Waals surface area contributed by atoms with E-state index in [-0.39, 0.29) is 12.1 Å². The predicted octanol–water partition coefficient (Wildman–Crippen LogP) is 3.75. The molecule has 1 aromatic rings. The first-order chi connectivity index (χ1) is 9.81. The van der Waals surface area contributed by atoms with Gasteiger partial charge in [0.15, 0.2) is 0 Å². The summed E-state index contributed by atoms with van der Waals surface area (Å²) in [6, 6.07) is 4.17. The van der Waals surface area contributed by atoms with Gasteiger partial charge in [-0.1, -0.05) is 13.0 Å². The molecule has 0 aliphatic carbocycles. The van der Waals surface area contributed by atoms with Gasteiger partial charge in [-0.25, -0.2) is 0 Å². The minimum atomic E-state index is -4.30. The van der Waals surface area contributed by atoms with Crippen molar-refractivity contribution in [3.63, 3.8) is 0 Å². The Morgan fingerprint density at radius 1 is 1.33 bits per heavy atom. The van der Waals surface area contributed by atoms with Gasteiger partial charge in [0.1, 0.15) is 0 Å². The molecule has 1 aliphatic heterocycles. The van der Waals surface area contributed by atoms with Gasteiger partial charge in [-0.2, -0.15) is 13.2 Å². The van der Waals surface area contributed by atoms with Crippen LogP contribution in [0.3, 0.4) is 0 Å². The molecule has 0 unspecified atom stereocenters. The summed E-state index contributed by atoms with van der Waals surface area (Å²) in [6.07, 6.45) is -2.29. The fraction of sp³-hybridized carbons (Fsp3) is 0.625. The molecule has 0 bridgehead atoms. The maximum Gasteiger partial charge on any atom is 0.416 e. The number of rotatable bonds is 3. The average molecular weight is 301 g/mol. The Labute approximate surface area is 123 Å². The van der Waals surface area contributed by atoms with Crippen molar-refractivity contribution in [3.8, 4) is 0 Å². The third-order valence-electron chi connectivity index (χ3n) is 4.33. The Morgan fingerprint density at radius 3 is 2.67 bits per heavy atom. The summed E-state index contributed by atoms with van der Waals surface area (Å²) in [5.41, 5.74) is 1.01. The van der Waals surface area contributed by atoms with Gasteiger partial charge in [0.25, 0.3) is 0 Å². The normalized spacial score (nSPS) is 24.3. The van der Waals surface area contributed by atoms with E-state index in [1.54, 1.807) is 0 Å². The molecule has 0 saturated carbocycles. The van der Waals surface area contributed by atoms with E-state index >= 15 is 0 Å². The lowest BCUT2D eigenvalue weighted by molar-refractivity contribution is -0.137. The highest BCUT2D eigenvalue weighted by molar-refractivity contribution is 5.32. The van der Waals surface area contributed by atoms with Crippen LogP contribution < -0.4 is 0 Å². The molecule has 2 nitrogen and oxygen atoms in total. The zero-order valence-corrected chi connectivity index (χ0v) is 12.5. The second kappa shape index (κ2) is 6.36. The van der Waals surface area contributed by atoms with Gasteiger partial charge >= 0.3 is 6.18 Å². The number of nitrogens with zero attached hydrogens (tertiary/aromatic N) is 1. The van der Waals surface area contributed by atoms with Crippen LogP contribution in [-0.4, -0.2) is 28.7 Å². The van der Waals surface area contributed by atoms with Crippen LogP contribution in [0.2, 0.25) is 0 Å². The molecule has 1 aliphatic rings. The number of aliphatic hydroxyl groups is 1. The number of aryl methyl sites for hydroxylation is 1. The molecule has 0 radical (unpaired) electrons. The first kappa shape index (κ1) is 16.3. The zero-order valence-electron chi connectivity index (χ0n) is 12.5. The highest BCUT2D eigenvalue weighted by Crippen LogP contribution is 2.31. The van der Waals surface area contributed by atoms with Gasteiger partial charge in [0.05, 0.1) is 11.7 Å². The summed E-state index contributed by atoms with van der Waals surface area (Å²) in [7, 11) is 0. The zero-order chi connectivity index (χ0) is 15.6. The van der Waals surface area contributed by atoms with E-state index in [1.807, 2.05) is 6.92 Å². The molecular formula is C16H22F3NO. The Balaban J connectivity index is 2.18. The number of hydrogen-bond donors (Lipinski definition) is 1. The van der Waals surface area contributed by atoms with Crippen LogP contribution in [0.15, 0.2) is 18.2 Å². The van der Waals surface area contributed by atoms with Crippen LogP contribution in [-0.2, 0) is 12.7 Å². The Bertz CT molecular complexity index is 487. The van der Waals surface area contributed by atoms with Crippen LogP contribution in [0.25, 0.3) is 0 Å². The number of halogens is 3. The van der Waals surface area contributed by atoms with Crippen LogP contribution in [0.4, 0.5) is 13.2 Å². The SMILES string of the molecule is CC[C@H]1C[C@@H](O)CCN1Cc1cc(C(F)(F)F)ccc1C. The summed E-state index contributed by atoms with van der Waals surface area (Å²) < 4.78 is 38.5. The van der Waals surface area contributed by atoms with Gasteiger partial charge in [-0.15, -0.1) is 0 Å². The monoisotopic (exact) mass is 301 g/mol. The molecule has 21 heavy (non-hydrogen) atoms. The van der Waals surface area contributed by atoms with Crippen molar-refractivity contribution in [1.82, 2.24) is 4.90 Å². The van der Waals surface area contributed by atoms with Gasteiger partial charge in [-0.05, 0) is 49.4 Å². The molecule has 1 saturated heterocycles. The van der Waals surface area contributed by atoms with Crippen molar-refractivity contribution in [1.29, 1.82) is 0 Å². The second-order valence-electron chi connectivity index (χ2n) is 5.85. The molecule has 0 amide bonds. The van der Waals surface area contributed by atoms with E-state index in [0.717, 1.165) is 30.2 Å². The lowest BCUT2D eigenvalue weighted by Gasteiger charge is -2.37. The van der Waals surface area contributed by atoms with Crippen molar-refractivity contribution in [2.45, 2.75) is 58.0 Å². The topological polar surface area (TPSA) is 23.5 Å². The quantitative estimate of drug-likeness (QED) is 0.919. The molecule has 118 valence electrons. The first-order valence-electron chi connectivity index (χ1n) is 7.40. The molecule has 2 atom stereocenters. The van der Waals surface area contributed by atoms with Gasteiger partial charge < -0.3 is 5.11 Å². The highest BCUT2D eigenvalue weighted by atomic mass is 19.4. The summed E-state index contributed by atoms with van der Waals surface area (Å²) in [5, 5.41) is 9.72. The predicted molar refractivity (Wildman–Crippen MR) is 75.9 cm³/mol. The van der Waals surface area contributed by atoms with E-state index in [2.05, 4.69) is 11.8 Å². The van der Waals surface area contributed by atoms with Crippen LogP contribution >= 0.6 is 0 Å². The Morgan fingerprint density at radius 2 is 2.05 bits per heavy atom. The molecule has 0 spiro atoms. The third-order valence-corrected chi connectivity index (χ3v) is 4.33. The fourth-order valence-corrected chi connectivity index (χ4v) is 2.95. The average Bonchev–Trinajstić information content (AvgIpc) is 2.41. The van der Waals surface area contributed by atoms with E-state index in [9.17, 15) is 18.3 Å². The number of piperidine rings is 1. The van der Waals surface area contributed by atoms with Gasteiger partial charge in [-0.3, -0.25) is 4.90 Å². The lowest BCUT2D eigenvalue weighted by atomic mass is 9.95. The minimum Gasteiger partial charge on any atom is -0.393 e. The van der Waals surface area contributed by atoms with Gasteiger partial charge in [0, 0.05) is 19.1 Å². The van der Waals surface area contributed by atoms with Crippen molar-refractivity contribution < 1.29 is 18.3 Å². The van der Waals surface area contributed by atoms with Crippen molar-refractivity contribution >= 4 is 0 Å². The van der Waals surface area contributed by atoms with E-state index in [4.69, 9.17) is 0 Å². The van der Waals surface area contributed by atoms with Crippen LogP contribution in [0, 0.1) is 6.92 Å². The van der Waals surface area contributed by atoms with E-state index < -0.39 is 11.7 Å².